The highest BCUT2D eigenvalue weighted by molar-refractivity contribution is 6.74. The summed E-state index contributed by atoms with van der Waals surface area (Å²) in [5.41, 5.74) is -0.523. The zero-order valence-corrected chi connectivity index (χ0v) is 17.8. The first-order chi connectivity index (χ1) is 11.9. The van der Waals surface area contributed by atoms with Gasteiger partial charge < -0.3 is 13.9 Å². The van der Waals surface area contributed by atoms with Crippen LogP contribution < -0.4 is 0 Å². The molecule has 0 bridgehead atoms. The first-order valence-electron chi connectivity index (χ1n) is 8.95. The number of fused-ring (bicyclic) bond motifs is 1. The Labute approximate surface area is 156 Å². The average Bonchev–Trinajstić information content (AvgIpc) is 3.05. The van der Waals surface area contributed by atoms with Crippen molar-refractivity contribution in [3.05, 3.63) is 11.6 Å². The van der Waals surface area contributed by atoms with Crippen LogP contribution in [0.3, 0.4) is 0 Å². The monoisotopic (exact) mass is 382 g/mol. The number of rotatable bonds is 5. The second-order valence-electron chi connectivity index (χ2n) is 8.85. The highest BCUT2D eigenvalue weighted by Gasteiger charge is 2.59. The van der Waals surface area contributed by atoms with Crippen molar-refractivity contribution in [3.8, 4) is 0 Å². The van der Waals surface area contributed by atoms with Gasteiger partial charge in [0.05, 0.1) is 20.1 Å². The fourth-order valence-electron chi connectivity index (χ4n) is 3.60. The second-order valence-corrected chi connectivity index (χ2v) is 13.7. The molecule has 0 radical (unpaired) electrons. The van der Waals surface area contributed by atoms with Gasteiger partial charge in [0.25, 0.3) is 0 Å². The van der Waals surface area contributed by atoms with Crippen molar-refractivity contribution in [2.24, 2.45) is 17.3 Å². The Morgan fingerprint density at radius 2 is 1.73 bits per heavy atom. The van der Waals surface area contributed by atoms with Crippen molar-refractivity contribution in [2.45, 2.75) is 51.7 Å². The van der Waals surface area contributed by atoms with Crippen LogP contribution in [0.15, 0.2) is 11.6 Å². The Balaban J connectivity index is 2.22. The van der Waals surface area contributed by atoms with Gasteiger partial charge in [0, 0.05) is 6.61 Å². The maximum atomic E-state index is 12.5. The Kier molecular flexibility index (Phi) is 5.55. The third-order valence-corrected chi connectivity index (χ3v) is 10.8. The van der Waals surface area contributed by atoms with Crippen molar-refractivity contribution >= 4 is 26.0 Å². The van der Waals surface area contributed by atoms with Crippen molar-refractivity contribution in [1.82, 2.24) is 0 Å². The van der Waals surface area contributed by atoms with Crippen LogP contribution in [-0.4, -0.2) is 46.9 Å². The molecule has 2 atom stereocenters. The van der Waals surface area contributed by atoms with Crippen LogP contribution in [0.1, 0.15) is 33.6 Å². The molecule has 2 unspecified atom stereocenters. The summed E-state index contributed by atoms with van der Waals surface area (Å²) in [4.78, 5) is 37.2. The quantitative estimate of drug-likeness (QED) is 0.413. The summed E-state index contributed by atoms with van der Waals surface area (Å²) in [6.07, 6.45) is 1.99. The molecule has 146 valence electrons. The lowest BCUT2D eigenvalue weighted by Gasteiger charge is -2.37. The zero-order valence-electron chi connectivity index (χ0n) is 16.8. The minimum atomic E-state index is -2.00. The zero-order chi connectivity index (χ0) is 19.9. The van der Waals surface area contributed by atoms with Gasteiger partial charge in [0.2, 0.25) is 0 Å². The molecule has 0 spiro atoms. The lowest BCUT2D eigenvalue weighted by molar-refractivity contribution is -0.169. The van der Waals surface area contributed by atoms with Gasteiger partial charge in [-0.1, -0.05) is 26.3 Å². The van der Waals surface area contributed by atoms with E-state index >= 15 is 0 Å². The predicted molar refractivity (Wildman–Crippen MR) is 98.9 cm³/mol. The van der Waals surface area contributed by atoms with Gasteiger partial charge >= 0.3 is 11.9 Å². The van der Waals surface area contributed by atoms with Gasteiger partial charge in [-0.05, 0) is 43.0 Å². The lowest BCUT2D eigenvalue weighted by atomic mass is 9.82. The standard InChI is InChI=1S/C19H30O6Si/c1-18(2,3)26(6,7)25-11-14-13-10-19(16(21)23-4,17(22)24-5)9-12(13)8-15(14)20/h8,13-14H,9-11H2,1-7H3. The van der Waals surface area contributed by atoms with Crippen LogP contribution in [-0.2, 0) is 28.3 Å². The minimum Gasteiger partial charge on any atom is -0.468 e. The molecule has 0 amide bonds. The Bertz CT molecular complexity index is 627. The summed E-state index contributed by atoms with van der Waals surface area (Å²) in [6, 6.07) is 0. The van der Waals surface area contributed by atoms with Crippen molar-refractivity contribution in [2.75, 3.05) is 20.8 Å². The summed E-state index contributed by atoms with van der Waals surface area (Å²) in [5, 5.41) is 0.0440. The fraction of sp³-hybridized carbons (Fsp3) is 0.737. The summed E-state index contributed by atoms with van der Waals surface area (Å²) >= 11 is 0. The molecule has 1 saturated carbocycles. The maximum Gasteiger partial charge on any atom is 0.323 e. The molecule has 0 saturated heterocycles. The molecular formula is C19H30O6Si. The molecule has 2 rings (SSSR count). The van der Waals surface area contributed by atoms with E-state index in [9.17, 15) is 14.4 Å². The molecule has 0 aliphatic heterocycles. The van der Waals surface area contributed by atoms with Gasteiger partial charge in [-0.25, -0.2) is 0 Å². The second kappa shape index (κ2) is 6.92. The molecule has 0 aromatic carbocycles. The number of allylic oxidation sites excluding steroid dienone is 2. The number of hydrogen-bond acceptors (Lipinski definition) is 6. The van der Waals surface area contributed by atoms with E-state index in [2.05, 4.69) is 33.9 Å². The van der Waals surface area contributed by atoms with Crippen LogP contribution in [0.4, 0.5) is 0 Å². The Hall–Kier alpha value is -1.47. The smallest absolute Gasteiger partial charge is 0.323 e. The Morgan fingerprint density at radius 3 is 2.19 bits per heavy atom. The van der Waals surface area contributed by atoms with Crippen molar-refractivity contribution < 1.29 is 28.3 Å². The molecule has 0 aromatic heterocycles. The third kappa shape index (κ3) is 3.39. The topological polar surface area (TPSA) is 78.9 Å². The van der Waals surface area contributed by atoms with Gasteiger partial charge in [0.1, 0.15) is 0 Å². The third-order valence-electron chi connectivity index (χ3n) is 6.31. The number of carbonyl (C=O) groups excluding carboxylic acids is 3. The molecule has 6 nitrogen and oxygen atoms in total. The van der Waals surface area contributed by atoms with E-state index in [1.54, 1.807) is 6.08 Å². The van der Waals surface area contributed by atoms with Crippen LogP contribution >= 0.6 is 0 Å². The van der Waals surface area contributed by atoms with E-state index in [0.717, 1.165) is 5.57 Å². The van der Waals surface area contributed by atoms with E-state index in [1.165, 1.54) is 14.2 Å². The summed E-state index contributed by atoms with van der Waals surface area (Å²) < 4.78 is 16.0. The SMILES string of the molecule is COC(=O)C1(C(=O)OC)CC2=CC(=O)C(CO[Si](C)(C)C(C)(C)C)C2C1. The van der Waals surface area contributed by atoms with Crippen LogP contribution in [0.2, 0.25) is 18.1 Å². The normalized spacial score (nSPS) is 24.9. The maximum absolute atomic E-state index is 12.5. The van der Waals surface area contributed by atoms with E-state index in [0.29, 0.717) is 6.61 Å². The first kappa shape index (κ1) is 20.8. The minimum absolute atomic E-state index is 0.0204. The molecular weight excluding hydrogens is 352 g/mol. The molecule has 0 heterocycles. The summed E-state index contributed by atoms with van der Waals surface area (Å²) in [6.45, 7) is 11.0. The van der Waals surface area contributed by atoms with Crippen LogP contribution in [0, 0.1) is 17.3 Å². The van der Waals surface area contributed by atoms with E-state index in [4.69, 9.17) is 13.9 Å². The van der Waals surface area contributed by atoms with Crippen molar-refractivity contribution in [1.29, 1.82) is 0 Å². The molecule has 0 N–H and O–H groups in total. The van der Waals surface area contributed by atoms with Gasteiger partial charge in [-0.3, -0.25) is 14.4 Å². The molecule has 0 aromatic rings. The number of carbonyl (C=O) groups is 3. The molecule has 1 fully saturated rings. The van der Waals surface area contributed by atoms with Gasteiger partial charge in [-0.2, -0.15) is 0 Å². The van der Waals surface area contributed by atoms with Crippen LogP contribution in [0.5, 0.6) is 0 Å². The molecule has 26 heavy (non-hydrogen) atoms. The van der Waals surface area contributed by atoms with E-state index in [-0.39, 0.29) is 35.5 Å². The number of hydrogen-bond donors (Lipinski definition) is 0. The first-order valence-corrected chi connectivity index (χ1v) is 11.9. The van der Waals surface area contributed by atoms with E-state index < -0.39 is 25.7 Å². The van der Waals surface area contributed by atoms with Gasteiger partial charge in [-0.15, -0.1) is 0 Å². The summed E-state index contributed by atoms with van der Waals surface area (Å²) in [7, 11) is 0.527. The molecule has 7 heteroatoms. The average molecular weight is 383 g/mol. The molecule has 2 aliphatic rings. The van der Waals surface area contributed by atoms with E-state index in [1.807, 2.05) is 0 Å². The summed E-state index contributed by atoms with van der Waals surface area (Å²) in [5.74, 6) is -1.71. The van der Waals surface area contributed by atoms with Crippen molar-refractivity contribution in [3.63, 3.8) is 0 Å². The number of ketones is 1. The van der Waals surface area contributed by atoms with Gasteiger partial charge in [0.15, 0.2) is 19.5 Å². The highest BCUT2D eigenvalue weighted by atomic mass is 28.4. The predicted octanol–water partition coefficient (Wildman–Crippen LogP) is 2.88. The molecule has 2 aliphatic carbocycles. The number of methoxy groups -OCH3 is 2. The van der Waals surface area contributed by atoms with Crippen LogP contribution in [0.25, 0.3) is 0 Å². The Morgan fingerprint density at radius 1 is 1.19 bits per heavy atom. The number of esters is 2. The number of ether oxygens (including phenoxy) is 2. The fourth-order valence-corrected chi connectivity index (χ4v) is 4.63. The largest absolute Gasteiger partial charge is 0.468 e. The highest BCUT2D eigenvalue weighted by Crippen LogP contribution is 2.53. The lowest BCUT2D eigenvalue weighted by Crippen LogP contribution is -2.43.